The number of aryl methyl sites for hydroxylation is 1. The summed E-state index contributed by atoms with van der Waals surface area (Å²) in [6.07, 6.45) is -1.82. The van der Waals surface area contributed by atoms with Crippen molar-refractivity contribution in [3.63, 3.8) is 0 Å². The van der Waals surface area contributed by atoms with Gasteiger partial charge in [-0.25, -0.2) is 8.78 Å². The topological polar surface area (TPSA) is 88.8 Å². The SMILES string of the molecule is Cc1cc(N)c(F)c(C2Cc3nc(OCC45CCCN4CC(F)C5)nc(N4CCC5CCC(C4)N5)c3CO2)c1C(F)(F)F. The van der Waals surface area contributed by atoms with Crippen LogP contribution in [0.25, 0.3) is 0 Å². The molecule has 8 nitrogen and oxygen atoms in total. The van der Waals surface area contributed by atoms with Crippen LogP contribution in [0.15, 0.2) is 6.07 Å². The lowest BCUT2D eigenvalue weighted by Gasteiger charge is -2.34. The monoisotopic (exact) mass is 608 g/mol. The molecule has 0 saturated carbocycles. The van der Waals surface area contributed by atoms with E-state index in [0.29, 0.717) is 48.7 Å². The van der Waals surface area contributed by atoms with Crippen molar-refractivity contribution in [2.45, 2.75) is 94.6 Å². The third kappa shape index (κ3) is 5.20. The van der Waals surface area contributed by atoms with Crippen molar-refractivity contribution < 1.29 is 31.4 Å². The van der Waals surface area contributed by atoms with Gasteiger partial charge < -0.3 is 25.4 Å². The van der Waals surface area contributed by atoms with Crippen LogP contribution in [0.5, 0.6) is 6.01 Å². The lowest BCUT2D eigenvalue weighted by atomic mass is 9.91. The molecule has 5 aliphatic heterocycles. The molecule has 7 rings (SSSR count). The second-order valence-electron chi connectivity index (χ2n) is 12.9. The zero-order valence-corrected chi connectivity index (χ0v) is 24.2. The fourth-order valence-corrected chi connectivity index (χ4v) is 8.05. The quantitative estimate of drug-likeness (QED) is 0.376. The first-order valence-corrected chi connectivity index (χ1v) is 15.2. The molecular weight excluding hydrogens is 571 g/mol. The zero-order chi connectivity index (χ0) is 30.1. The van der Waals surface area contributed by atoms with E-state index in [1.54, 1.807) is 0 Å². The van der Waals surface area contributed by atoms with Crippen LogP contribution in [-0.2, 0) is 23.9 Å². The van der Waals surface area contributed by atoms with Crippen LogP contribution < -0.4 is 20.7 Å². The Morgan fingerprint density at radius 3 is 2.79 bits per heavy atom. The first-order chi connectivity index (χ1) is 20.5. The number of benzene rings is 1. The molecule has 13 heteroatoms. The maximum Gasteiger partial charge on any atom is 0.417 e. The Kier molecular flexibility index (Phi) is 7.20. The molecule has 1 aromatic heterocycles. The van der Waals surface area contributed by atoms with Gasteiger partial charge in [0, 0.05) is 55.7 Å². The van der Waals surface area contributed by atoms with Gasteiger partial charge in [-0.2, -0.15) is 23.1 Å². The summed E-state index contributed by atoms with van der Waals surface area (Å²) in [6, 6.07) is 1.83. The number of halogens is 5. The van der Waals surface area contributed by atoms with E-state index in [4.69, 9.17) is 20.2 Å². The Hall–Kier alpha value is -2.77. The van der Waals surface area contributed by atoms with Crippen molar-refractivity contribution >= 4 is 11.5 Å². The average molecular weight is 609 g/mol. The second-order valence-corrected chi connectivity index (χ2v) is 12.9. The number of hydrogen-bond acceptors (Lipinski definition) is 8. The normalized spacial score (nSPS) is 30.8. The summed E-state index contributed by atoms with van der Waals surface area (Å²) >= 11 is 0. The zero-order valence-electron chi connectivity index (χ0n) is 24.2. The lowest BCUT2D eigenvalue weighted by Crippen LogP contribution is -2.43. The Morgan fingerprint density at radius 1 is 1.16 bits per heavy atom. The van der Waals surface area contributed by atoms with Gasteiger partial charge in [-0.3, -0.25) is 4.90 Å². The van der Waals surface area contributed by atoms with Crippen LogP contribution in [0, 0.1) is 12.7 Å². The van der Waals surface area contributed by atoms with Gasteiger partial charge in [0.15, 0.2) is 5.82 Å². The predicted molar refractivity (Wildman–Crippen MR) is 149 cm³/mol. The van der Waals surface area contributed by atoms with Crippen molar-refractivity contribution in [2.75, 3.05) is 43.4 Å². The number of anilines is 2. The maximum absolute atomic E-state index is 15.3. The van der Waals surface area contributed by atoms with E-state index in [1.807, 2.05) is 0 Å². The van der Waals surface area contributed by atoms with Gasteiger partial charge in [0.05, 0.1) is 35.2 Å². The van der Waals surface area contributed by atoms with E-state index >= 15 is 4.39 Å². The van der Waals surface area contributed by atoms with Crippen molar-refractivity contribution in [2.24, 2.45) is 0 Å². The van der Waals surface area contributed by atoms with Gasteiger partial charge >= 0.3 is 12.2 Å². The van der Waals surface area contributed by atoms with Gasteiger partial charge in [0.1, 0.15) is 18.6 Å². The van der Waals surface area contributed by atoms with Crippen LogP contribution in [-0.4, -0.2) is 71.4 Å². The Labute approximate surface area is 247 Å². The predicted octanol–water partition coefficient (Wildman–Crippen LogP) is 4.63. The maximum atomic E-state index is 15.3. The molecule has 0 amide bonds. The summed E-state index contributed by atoms with van der Waals surface area (Å²) in [5.41, 5.74) is 4.29. The highest BCUT2D eigenvalue weighted by atomic mass is 19.4. The minimum absolute atomic E-state index is 0.0839. The smallest absolute Gasteiger partial charge is 0.417 e. The van der Waals surface area contributed by atoms with E-state index in [2.05, 4.69) is 20.1 Å². The molecule has 0 radical (unpaired) electrons. The molecule has 3 N–H and O–H groups in total. The first kappa shape index (κ1) is 29.0. The summed E-state index contributed by atoms with van der Waals surface area (Å²) in [7, 11) is 0. The van der Waals surface area contributed by atoms with Crippen LogP contribution in [0.3, 0.4) is 0 Å². The fourth-order valence-electron chi connectivity index (χ4n) is 8.05. The van der Waals surface area contributed by atoms with Crippen LogP contribution in [0.4, 0.5) is 33.5 Å². The molecule has 6 heterocycles. The molecule has 5 atom stereocenters. The number of nitrogens with zero attached hydrogens (tertiary/aromatic N) is 4. The van der Waals surface area contributed by atoms with E-state index in [0.717, 1.165) is 51.3 Å². The third-order valence-corrected chi connectivity index (χ3v) is 10.0. The molecule has 0 spiro atoms. The highest BCUT2D eigenvalue weighted by molar-refractivity contribution is 5.55. The third-order valence-electron chi connectivity index (χ3n) is 10.0. The van der Waals surface area contributed by atoms with Crippen LogP contribution in [0.1, 0.15) is 72.6 Å². The van der Waals surface area contributed by atoms with Gasteiger partial charge in [-0.1, -0.05) is 0 Å². The number of fused-ring (bicyclic) bond motifs is 4. The molecule has 5 unspecified atom stereocenters. The Morgan fingerprint density at radius 2 is 1.98 bits per heavy atom. The number of hydrogen-bond donors (Lipinski definition) is 2. The molecule has 0 aliphatic carbocycles. The summed E-state index contributed by atoms with van der Waals surface area (Å²) in [6.45, 7) is 4.06. The molecule has 2 aromatic rings. The van der Waals surface area contributed by atoms with Crippen molar-refractivity contribution in [1.82, 2.24) is 20.2 Å². The van der Waals surface area contributed by atoms with Crippen molar-refractivity contribution in [1.29, 1.82) is 0 Å². The first-order valence-electron chi connectivity index (χ1n) is 15.2. The summed E-state index contributed by atoms with van der Waals surface area (Å²) in [5, 5.41) is 3.65. The highest BCUT2D eigenvalue weighted by Gasteiger charge is 2.49. The number of nitrogen functional groups attached to an aromatic ring is 1. The number of nitrogens with one attached hydrogen (secondary N) is 1. The lowest BCUT2D eigenvalue weighted by molar-refractivity contribution is -0.140. The molecular formula is C30H37F5N6O2. The Bertz CT molecular complexity index is 1410. The Balaban J connectivity index is 1.25. The van der Waals surface area contributed by atoms with Gasteiger partial charge in [0.25, 0.3) is 0 Å². The number of ether oxygens (including phenoxy) is 2. The van der Waals surface area contributed by atoms with Gasteiger partial charge in [-0.15, -0.1) is 0 Å². The number of rotatable bonds is 5. The minimum atomic E-state index is -4.80. The number of alkyl halides is 4. The molecule has 5 aliphatic rings. The average Bonchev–Trinajstić information content (AvgIpc) is 3.58. The number of nitrogens with two attached hydrogens (primary N) is 1. The van der Waals surface area contributed by atoms with E-state index in [-0.39, 0.29) is 36.9 Å². The van der Waals surface area contributed by atoms with E-state index < -0.39 is 40.9 Å². The molecule has 4 fully saturated rings. The van der Waals surface area contributed by atoms with Crippen LogP contribution >= 0.6 is 0 Å². The van der Waals surface area contributed by atoms with Gasteiger partial charge in [-0.05, 0) is 57.2 Å². The highest BCUT2D eigenvalue weighted by Crippen LogP contribution is 2.45. The van der Waals surface area contributed by atoms with Crippen LogP contribution in [0.2, 0.25) is 0 Å². The van der Waals surface area contributed by atoms with E-state index in [1.165, 1.54) is 6.92 Å². The summed E-state index contributed by atoms with van der Waals surface area (Å²) < 4.78 is 84.5. The number of aromatic nitrogens is 2. The fraction of sp³-hybridized carbons (Fsp3) is 0.667. The molecule has 234 valence electrons. The molecule has 1 aromatic carbocycles. The van der Waals surface area contributed by atoms with Gasteiger partial charge in [0.2, 0.25) is 0 Å². The molecule has 4 saturated heterocycles. The summed E-state index contributed by atoms with van der Waals surface area (Å²) in [4.78, 5) is 13.8. The van der Waals surface area contributed by atoms with E-state index in [9.17, 15) is 17.6 Å². The standard InChI is InChI=1S/C30H37F5N6O2/c1-16-9-21(36)26(32)24(25(16)30(33,34)35)23-10-22-20(14-42-23)27(40-8-5-18-3-4-19(13-40)37-18)39-28(38-22)43-15-29-6-2-7-41(29)12-17(31)11-29/h9,17-19,23,37H,2-8,10-15,36H2,1H3. The molecule has 2 bridgehead atoms. The minimum Gasteiger partial charge on any atom is -0.461 e. The molecule has 43 heavy (non-hydrogen) atoms. The summed E-state index contributed by atoms with van der Waals surface area (Å²) in [5.74, 6) is -0.502. The second kappa shape index (κ2) is 10.7. The largest absolute Gasteiger partial charge is 0.461 e. The van der Waals surface area contributed by atoms with Crippen molar-refractivity contribution in [3.05, 3.63) is 39.8 Å². The van der Waals surface area contributed by atoms with Crippen molar-refractivity contribution in [3.8, 4) is 6.01 Å².